The molecule has 0 bridgehead atoms. The van der Waals surface area contributed by atoms with Gasteiger partial charge in [0.2, 0.25) is 16.0 Å². The Morgan fingerprint density at radius 2 is 1.84 bits per heavy atom. The molecule has 2 unspecified atom stereocenters. The second-order valence-electron chi connectivity index (χ2n) is 10.7. The van der Waals surface area contributed by atoms with Gasteiger partial charge >= 0.3 is 0 Å². The smallest absolute Gasteiger partial charge is 0.277 e. The first-order valence-electron chi connectivity index (χ1n) is 14.2. The highest BCUT2D eigenvalue weighted by Gasteiger charge is 2.38. The number of anilines is 4. The minimum absolute atomic E-state index is 0.239. The second kappa shape index (κ2) is 11.7. The summed E-state index contributed by atoms with van der Waals surface area (Å²) in [5.41, 5.74) is 3.46. The lowest BCUT2D eigenvalue weighted by Gasteiger charge is -2.35. The number of thioether (sulfide) groups is 1. The lowest BCUT2D eigenvalue weighted by atomic mass is 10.1. The van der Waals surface area contributed by atoms with Crippen LogP contribution >= 0.6 is 11.8 Å². The lowest BCUT2D eigenvalue weighted by Crippen LogP contribution is -2.44. The summed E-state index contributed by atoms with van der Waals surface area (Å²) in [6, 6.07) is 20.3. The Labute approximate surface area is 258 Å². The van der Waals surface area contributed by atoms with Gasteiger partial charge in [-0.2, -0.15) is 21.1 Å². The molecule has 224 valence electrons. The van der Waals surface area contributed by atoms with Crippen molar-refractivity contribution in [1.82, 2.24) is 29.1 Å². The van der Waals surface area contributed by atoms with E-state index in [9.17, 15) is 13.2 Å². The third-order valence-electron chi connectivity index (χ3n) is 7.93. The molecule has 2 aliphatic heterocycles. The van der Waals surface area contributed by atoms with E-state index in [-0.39, 0.29) is 10.6 Å². The molecule has 7 rings (SSSR count). The maximum absolute atomic E-state index is 14.2. The van der Waals surface area contributed by atoms with Crippen LogP contribution < -0.4 is 21.5 Å². The van der Waals surface area contributed by atoms with Gasteiger partial charge < -0.3 is 16.0 Å². The van der Waals surface area contributed by atoms with Gasteiger partial charge in [0.25, 0.3) is 5.56 Å². The van der Waals surface area contributed by atoms with Crippen LogP contribution in [0.3, 0.4) is 0 Å². The number of hydrogen-bond donors (Lipinski definition) is 3. The third-order valence-corrected chi connectivity index (χ3v) is 11.2. The molecule has 5 aromatic rings. The number of rotatable bonds is 6. The van der Waals surface area contributed by atoms with E-state index in [4.69, 9.17) is 4.98 Å². The predicted octanol–water partition coefficient (Wildman–Crippen LogP) is 4.43. The highest BCUT2D eigenvalue weighted by Crippen LogP contribution is 2.35. The Morgan fingerprint density at radius 1 is 1.00 bits per heavy atom. The maximum atomic E-state index is 14.2. The number of benzene rings is 2. The molecular formula is C31H30N8O3S2. The summed E-state index contributed by atoms with van der Waals surface area (Å²) in [4.78, 5) is 27.9. The van der Waals surface area contributed by atoms with Crippen LogP contribution in [0.5, 0.6) is 0 Å². The van der Waals surface area contributed by atoms with Gasteiger partial charge in [0.1, 0.15) is 17.5 Å². The van der Waals surface area contributed by atoms with Gasteiger partial charge in [0, 0.05) is 61.0 Å². The van der Waals surface area contributed by atoms with E-state index in [2.05, 4.69) is 38.1 Å². The zero-order valence-corrected chi connectivity index (χ0v) is 25.5. The Bertz CT molecular complexity index is 2000. The van der Waals surface area contributed by atoms with Gasteiger partial charge in [0.15, 0.2) is 0 Å². The maximum Gasteiger partial charge on any atom is 0.277 e. The van der Waals surface area contributed by atoms with E-state index in [0.717, 1.165) is 24.5 Å². The summed E-state index contributed by atoms with van der Waals surface area (Å²) < 4.78 is 29.9. The number of nitrogens with one attached hydrogen (secondary N) is 3. The van der Waals surface area contributed by atoms with Crippen LogP contribution in [0.15, 0.2) is 95.0 Å². The van der Waals surface area contributed by atoms with E-state index in [1.54, 1.807) is 61.1 Å². The average molecular weight is 627 g/mol. The van der Waals surface area contributed by atoms with Crippen molar-refractivity contribution in [2.45, 2.75) is 22.7 Å². The predicted molar refractivity (Wildman–Crippen MR) is 173 cm³/mol. The number of aromatic nitrogens is 4. The number of nitrogens with zero attached hydrogens (tertiary/aromatic N) is 5. The van der Waals surface area contributed by atoms with Crippen molar-refractivity contribution in [2.24, 2.45) is 0 Å². The van der Waals surface area contributed by atoms with Crippen LogP contribution in [-0.4, -0.2) is 58.1 Å². The number of sulfonamides is 1. The molecule has 5 heterocycles. The third kappa shape index (κ3) is 5.32. The summed E-state index contributed by atoms with van der Waals surface area (Å²) in [7, 11) is -2.37. The van der Waals surface area contributed by atoms with Gasteiger partial charge in [-0.25, -0.2) is 13.4 Å². The van der Waals surface area contributed by atoms with E-state index < -0.39 is 21.7 Å². The van der Waals surface area contributed by atoms with Crippen LogP contribution in [0.1, 0.15) is 22.5 Å². The molecular weight excluding hydrogens is 597 g/mol. The molecule has 0 saturated carbocycles. The summed E-state index contributed by atoms with van der Waals surface area (Å²) in [5, 5.41) is 10.8. The van der Waals surface area contributed by atoms with E-state index in [0.29, 0.717) is 39.9 Å². The highest BCUT2D eigenvalue weighted by atomic mass is 32.2. The zero-order chi connectivity index (χ0) is 30.3. The van der Waals surface area contributed by atoms with Crippen LogP contribution in [0, 0.1) is 0 Å². The summed E-state index contributed by atoms with van der Waals surface area (Å²) in [6.45, 7) is 1.97. The number of likely N-dealkylation sites (N-methyl/N-ethyl adjacent to an activating group) is 1. The minimum Gasteiger partial charge on any atom is -0.350 e. The first kappa shape index (κ1) is 28.5. The zero-order valence-electron chi connectivity index (χ0n) is 23.8. The fourth-order valence-electron chi connectivity index (χ4n) is 5.65. The highest BCUT2D eigenvalue weighted by molar-refractivity contribution is 7.99. The van der Waals surface area contributed by atoms with E-state index in [1.807, 2.05) is 23.9 Å². The molecule has 11 nitrogen and oxygen atoms in total. The van der Waals surface area contributed by atoms with Crippen LogP contribution in [0.25, 0.3) is 11.0 Å². The van der Waals surface area contributed by atoms with E-state index in [1.165, 1.54) is 21.5 Å². The largest absolute Gasteiger partial charge is 0.350 e. The Kier molecular flexibility index (Phi) is 7.54. The molecule has 1 saturated heterocycles. The Hall–Kier alpha value is -4.30. The standard InChI is InChI=1S/C31H30N8O3S2/c1-38-28(16-21-5-2-3-7-27(21)44(38,41)42)39-29-22(15-25(30(39)40)35-24-6-4-12-32-18-24)17-34-31(37-29)36-23-10-8-20(9-11-23)26-19-33-13-14-43-26/h2-12,15,17-18,26,28,33,35H,13-14,16,19H2,1H3,(H,34,36,37). The van der Waals surface area contributed by atoms with Crippen molar-refractivity contribution in [3.8, 4) is 0 Å². The topological polar surface area (TPSA) is 134 Å². The number of pyridine rings is 2. The van der Waals surface area contributed by atoms with Crippen molar-refractivity contribution >= 4 is 55.8 Å². The average Bonchev–Trinajstić information content (AvgIpc) is 3.05. The fourth-order valence-corrected chi connectivity index (χ4v) is 8.31. The van der Waals surface area contributed by atoms with Crippen LogP contribution in [-0.2, 0) is 16.4 Å². The van der Waals surface area contributed by atoms with E-state index >= 15 is 0 Å². The molecule has 2 atom stereocenters. The molecule has 1 fully saturated rings. The molecule has 2 aromatic carbocycles. The molecule has 44 heavy (non-hydrogen) atoms. The Morgan fingerprint density at radius 3 is 2.61 bits per heavy atom. The SMILES string of the molecule is CN1C(n2c(=O)c(Nc3cccnc3)cc3cnc(Nc4ccc(C5CNCCS5)cc4)nc32)Cc2ccccc2S1(=O)=O. The molecule has 3 N–H and O–H groups in total. The van der Waals surface area contributed by atoms with Crippen molar-refractivity contribution < 1.29 is 8.42 Å². The molecule has 3 aromatic heterocycles. The Balaban J connectivity index is 1.31. The summed E-state index contributed by atoms with van der Waals surface area (Å²) >= 11 is 1.95. The monoisotopic (exact) mass is 626 g/mol. The number of hydrogen-bond acceptors (Lipinski definition) is 10. The van der Waals surface area contributed by atoms with Crippen molar-refractivity contribution in [3.63, 3.8) is 0 Å². The lowest BCUT2D eigenvalue weighted by molar-refractivity contribution is 0.271. The van der Waals surface area contributed by atoms with Gasteiger partial charge in [0.05, 0.1) is 16.8 Å². The molecule has 0 amide bonds. The van der Waals surface area contributed by atoms with Crippen LogP contribution in [0.2, 0.25) is 0 Å². The molecule has 0 radical (unpaired) electrons. The quantitative estimate of drug-likeness (QED) is 0.249. The summed E-state index contributed by atoms with van der Waals surface area (Å²) in [5.74, 6) is 1.38. The molecule has 0 aliphatic carbocycles. The summed E-state index contributed by atoms with van der Waals surface area (Å²) in [6.07, 6.45) is 4.33. The van der Waals surface area contributed by atoms with Gasteiger partial charge in [-0.1, -0.05) is 30.3 Å². The van der Waals surface area contributed by atoms with Crippen LogP contribution in [0.4, 0.5) is 23.0 Å². The van der Waals surface area contributed by atoms with Crippen molar-refractivity contribution in [1.29, 1.82) is 0 Å². The first-order valence-corrected chi connectivity index (χ1v) is 16.7. The number of fused-ring (bicyclic) bond motifs is 2. The van der Waals surface area contributed by atoms with Crippen molar-refractivity contribution in [3.05, 3.63) is 107 Å². The van der Waals surface area contributed by atoms with Crippen molar-refractivity contribution in [2.75, 3.05) is 36.5 Å². The molecule has 13 heteroatoms. The van der Waals surface area contributed by atoms with Gasteiger partial charge in [-0.05, 0) is 47.5 Å². The first-order chi connectivity index (χ1) is 21.4. The molecule has 2 aliphatic rings. The second-order valence-corrected chi connectivity index (χ2v) is 14.0. The molecule has 0 spiro atoms. The van der Waals surface area contributed by atoms with Gasteiger partial charge in [-0.3, -0.25) is 14.3 Å². The fraction of sp³-hybridized carbons (Fsp3) is 0.226. The minimum atomic E-state index is -3.87. The normalized spacial score (nSPS) is 19.8. The van der Waals surface area contributed by atoms with Gasteiger partial charge in [-0.15, -0.1) is 0 Å².